The lowest BCUT2D eigenvalue weighted by molar-refractivity contribution is -0.138. The van der Waals surface area contributed by atoms with Crippen molar-refractivity contribution in [2.45, 2.75) is 45.3 Å². The number of nitrogens with one attached hydrogen (secondary N) is 1. The van der Waals surface area contributed by atoms with Gasteiger partial charge in [0.05, 0.1) is 27.7 Å². The largest absolute Gasteiger partial charge is 0.416 e. The number of carbonyl (C=O) groups excluding carboxylic acids is 2. The second kappa shape index (κ2) is 11.5. The van der Waals surface area contributed by atoms with E-state index in [0.717, 1.165) is 29.3 Å². The van der Waals surface area contributed by atoms with Gasteiger partial charge in [-0.1, -0.05) is 47.5 Å². The zero-order chi connectivity index (χ0) is 28.5. The summed E-state index contributed by atoms with van der Waals surface area (Å²) in [5.41, 5.74) is 1.57. The minimum absolute atomic E-state index is 0.127. The molecular weight excluding hydrogens is 562 g/mol. The Morgan fingerprint density at radius 3 is 2.38 bits per heavy atom. The first kappa shape index (κ1) is 28.8. The molecule has 11 heteroatoms. The minimum atomic E-state index is -4.67. The Morgan fingerprint density at radius 1 is 0.974 bits per heavy atom. The second-order valence-corrected chi connectivity index (χ2v) is 10.1. The summed E-state index contributed by atoms with van der Waals surface area (Å²) < 4.78 is 66.7. The number of rotatable bonds is 6. The fourth-order valence-corrected chi connectivity index (χ4v) is 5.01. The molecule has 1 aliphatic rings. The average Bonchev–Trinajstić information content (AvgIpc) is 2.88. The lowest BCUT2D eigenvalue weighted by atomic mass is 9.95. The van der Waals surface area contributed by atoms with Crippen LogP contribution in [-0.2, 0) is 41.6 Å². The van der Waals surface area contributed by atoms with Crippen molar-refractivity contribution < 1.29 is 31.5 Å². The van der Waals surface area contributed by atoms with Gasteiger partial charge >= 0.3 is 6.18 Å². The normalized spacial score (nSPS) is 13.3. The summed E-state index contributed by atoms with van der Waals surface area (Å²) >= 11 is 12.0. The molecule has 3 aromatic carbocycles. The van der Waals surface area contributed by atoms with Crippen molar-refractivity contribution in [2.75, 3.05) is 11.9 Å². The third-order valence-corrected chi connectivity index (χ3v) is 7.45. The van der Waals surface area contributed by atoms with Gasteiger partial charge in [-0.3, -0.25) is 9.59 Å². The van der Waals surface area contributed by atoms with Gasteiger partial charge in [0.15, 0.2) is 11.6 Å². The fraction of sp³-hybridized carbons (Fsp3) is 0.286. The van der Waals surface area contributed by atoms with Crippen LogP contribution < -0.4 is 5.32 Å². The summed E-state index contributed by atoms with van der Waals surface area (Å²) in [5, 5.41) is 1.95. The minimum Gasteiger partial charge on any atom is -0.338 e. The van der Waals surface area contributed by atoms with Gasteiger partial charge in [-0.25, -0.2) is 8.78 Å². The molecule has 206 valence electrons. The topological polar surface area (TPSA) is 49.4 Å². The molecule has 0 saturated carbocycles. The van der Waals surface area contributed by atoms with E-state index in [-0.39, 0.29) is 46.5 Å². The lowest BCUT2D eigenvalue weighted by Gasteiger charge is -2.29. The molecule has 0 radical (unpaired) electrons. The fourth-order valence-electron chi connectivity index (χ4n) is 4.57. The van der Waals surface area contributed by atoms with E-state index in [9.17, 15) is 31.5 Å². The van der Waals surface area contributed by atoms with Gasteiger partial charge in [-0.05, 0) is 65.8 Å². The quantitative estimate of drug-likeness (QED) is 0.309. The van der Waals surface area contributed by atoms with Crippen LogP contribution in [0.2, 0.25) is 10.0 Å². The smallest absolute Gasteiger partial charge is 0.338 e. The molecule has 39 heavy (non-hydrogen) atoms. The van der Waals surface area contributed by atoms with Crippen LogP contribution in [0.25, 0.3) is 0 Å². The Hall–Kier alpha value is -3.17. The highest BCUT2D eigenvalue weighted by Gasteiger charge is 2.35. The molecule has 0 spiro atoms. The number of hydrogen-bond donors (Lipinski definition) is 1. The van der Waals surface area contributed by atoms with E-state index < -0.39 is 29.3 Å². The summed E-state index contributed by atoms with van der Waals surface area (Å²) in [5.74, 6) is -2.62. The average molecular weight is 585 g/mol. The Labute approximate surface area is 231 Å². The van der Waals surface area contributed by atoms with E-state index in [1.165, 1.54) is 13.0 Å². The SMILES string of the molecule is Cc1c(C(F)(F)F)cc(Cl)c(Cl)c1NC(=O)Cc1ccc2c(c1)CN(C(=O)CCc1ccc(F)c(F)c1)CC2. The first-order valence-electron chi connectivity index (χ1n) is 12.0. The molecule has 3 aromatic rings. The molecule has 4 nitrogen and oxygen atoms in total. The molecule has 0 saturated heterocycles. The van der Waals surface area contributed by atoms with Crippen LogP contribution in [0.3, 0.4) is 0 Å². The van der Waals surface area contributed by atoms with Gasteiger partial charge in [-0.15, -0.1) is 0 Å². The van der Waals surface area contributed by atoms with Gasteiger partial charge in [0.25, 0.3) is 0 Å². The Morgan fingerprint density at radius 2 is 1.69 bits per heavy atom. The number of benzene rings is 3. The van der Waals surface area contributed by atoms with Gasteiger partial charge in [-0.2, -0.15) is 13.2 Å². The number of halogens is 7. The molecule has 1 N–H and O–H groups in total. The summed E-state index contributed by atoms with van der Waals surface area (Å²) in [6, 6.07) is 9.68. The number of nitrogens with zero attached hydrogens (tertiary/aromatic N) is 1. The van der Waals surface area contributed by atoms with Crippen molar-refractivity contribution in [3.63, 3.8) is 0 Å². The molecule has 1 heterocycles. The van der Waals surface area contributed by atoms with Gasteiger partial charge in [0.1, 0.15) is 0 Å². The maximum atomic E-state index is 13.4. The molecule has 0 fully saturated rings. The van der Waals surface area contributed by atoms with E-state index in [0.29, 0.717) is 30.6 Å². The Kier molecular flexibility index (Phi) is 8.51. The Bertz CT molecular complexity index is 1440. The van der Waals surface area contributed by atoms with Crippen molar-refractivity contribution in [2.24, 2.45) is 0 Å². The zero-order valence-electron chi connectivity index (χ0n) is 20.7. The van der Waals surface area contributed by atoms with Crippen LogP contribution in [0.15, 0.2) is 42.5 Å². The monoisotopic (exact) mass is 584 g/mol. The summed E-state index contributed by atoms with van der Waals surface area (Å²) in [6.45, 7) is 2.02. The van der Waals surface area contributed by atoms with E-state index in [2.05, 4.69) is 5.32 Å². The molecule has 4 rings (SSSR count). The first-order chi connectivity index (χ1) is 18.3. The van der Waals surface area contributed by atoms with Gasteiger partial charge in [0.2, 0.25) is 11.8 Å². The predicted molar refractivity (Wildman–Crippen MR) is 139 cm³/mol. The maximum absolute atomic E-state index is 13.4. The standard InChI is InChI=1S/C28H23Cl2F5N2O2/c1-15-20(28(33,34)35)13-21(29)26(30)27(15)36-24(38)12-17-2-5-18-8-9-37(14-19(18)10-17)25(39)7-4-16-3-6-22(31)23(32)11-16/h2-3,5-6,10-11,13H,4,7-9,12,14H2,1H3,(H,36,38). The van der Waals surface area contributed by atoms with E-state index in [1.807, 2.05) is 6.07 Å². The molecule has 0 bridgehead atoms. The third kappa shape index (κ3) is 6.70. The van der Waals surface area contributed by atoms with Crippen LogP contribution in [-0.4, -0.2) is 23.3 Å². The van der Waals surface area contributed by atoms with Crippen molar-refractivity contribution in [1.82, 2.24) is 4.90 Å². The molecule has 0 unspecified atom stereocenters. The Balaban J connectivity index is 1.42. The van der Waals surface area contributed by atoms with Crippen LogP contribution in [0.5, 0.6) is 0 Å². The third-order valence-electron chi connectivity index (χ3n) is 6.66. The van der Waals surface area contributed by atoms with E-state index >= 15 is 0 Å². The zero-order valence-corrected chi connectivity index (χ0v) is 22.2. The number of amides is 2. The number of alkyl halides is 3. The molecule has 0 aromatic heterocycles. The van der Waals surface area contributed by atoms with E-state index in [4.69, 9.17) is 23.2 Å². The predicted octanol–water partition coefficient (Wildman–Crippen LogP) is 7.30. The van der Waals surface area contributed by atoms with Crippen LogP contribution in [0.1, 0.15) is 39.8 Å². The van der Waals surface area contributed by atoms with Crippen LogP contribution in [0, 0.1) is 18.6 Å². The summed E-state index contributed by atoms with van der Waals surface area (Å²) in [6.07, 6.45) is -3.81. The van der Waals surface area contributed by atoms with E-state index in [1.54, 1.807) is 17.0 Å². The number of carbonyl (C=O) groups is 2. The molecular formula is C28H23Cl2F5N2O2. The van der Waals surface area contributed by atoms with Gasteiger partial charge in [0, 0.05) is 19.5 Å². The van der Waals surface area contributed by atoms with Crippen molar-refractivity contribution in [3.05, 3.63) is 97.5 Å². The van der Waals surface area contributed by atoms with Crippen LogP contribution in [0.4, 0.5) is 27.6 Å². The van der Waals surface area contributed by atoms with Crippen LogP contribution >= 0.6 is 23.2 Å². The summed E-state index contributed by atoms with van der Waals surface area (Å²) in [4.78, 5) is 27.2. The highest BCUT2D eigenvalue weighted by molar-refractivity contribution is 6.44. The number of anilines is 1. The molecule has 0 aliphatic carbocycles. The number of fused-ring (bicyclic) bond motifs is 1. The van der Waals surface area contributed by atoms with Gasteiger partial charge < -0.3 is 10.2 Å². The molecule has 1 aliphatic heterocycles. The molecule has 2 amide bonds. The lowest BCUT2D eigenvalue weighted by Crippen LogP contribution is -2.36. The molecule has 0 atom stereocenters. The van der Waals surface area contributed by atoms with Crippen molar-refractivity contribution in [3.8, 4) is 0 Å². The van der Waals surface area contributed by atoms with Crippen molar-refractivity contribution in [1.29, 1.82) is 0 Å². The number of hydrogen-bond acceptors (Lipinski definition) is 2. The highest BCUT2D eigenvalue weighted by Crippen LogP contribution is 2.42. The van der Waals surface area contributed by atoms with Crippen molar-refractivity contribution >= 4 is 40.7 Å². The highest BCUT2D eigenvalue weighted by atomic mass is 35.5. The second-order valence-electron chi connectivity index (χ2n) is 9.36. The number of aryl methyl sites for hydroxylation is 1. The first-order valence-corrected chi connectivity index (χ1v) is 12.8. The maximum Gasteiger partial charge on any atom is 0.416 e. The summed E-state index contributed by atoms with van der Waals surface area (Å²) in [7, 11) is 0.